The summed E-state index contributed by atoms with van der Waals surface area (Å²) >= 11 is 1.66. The monoisotopic (exact) mass is 235 g/mol. The van der Waals surface area contributed by atoms with Gasteiger partial charge in [-0.25, -0.2) is 9.97 Å². The molecule has 0 radical (unpaired) electrons. The van der Waals surface area contributed by atoms with Gasteiger partial charge in [0.05, 0.1) is 17.2 Å². The molecule has 0 bridgehead atoms. The Hall–Kier alpha value is -1.82. The zero-order valence-corrected chi connectivity index (χ0v) is 9.71. The van der Waals surface area contributed by atoms with Gasteiger partial charge in [0.25, 0.3) is 0 Å². The first-order valence-electron chi connectivity index (χ1n) is 4.82. The minimum absolute atomic E-state index is 0.352. The summed E-state index contributed by atoms with van der Waals surface area (Å²) < 4.78 is 0. The number of nitrogens with zero attached hydrogens (tertiary/aromatic N) is 2. The van der Waals surface area contributed by atoms with Crippen molar-refractivity contribution in [1.29, 1.82) is 0 Å². The Labute approximate surface area is 97.5 Å². The molecule has 0 unspecified atom stereocenters. The van der Waals surface area contributed by atoms with Crippen LogP contribution in [0.15, 0.2) is 18.3 Å². The number of nitrogen functional groups attached to an aromatic ring is 2. The summed E-state index contributed by atoms with van der Waals surface area (Å²) in [4.78, 5) is 9.46. The van der Waals surface area contributed by atoms with Gasteiger partial charge in [0.2, 0.25) is 0 Å². The third-order valence-corrected chi connectivity index (χ3v) is 2.98. The maximum atomic E-state index is 5.61. The van der Waals surface area contributed by atoms with E-state index in [1.165, 1.54) is 0 Å². The average molecular weight is 235 g/mol. The Bertz CT molecular complexity index is 494. The fourth-order valence-electron chi connectivity index (χ4n) is 1.25. The van der Waals surface area contributed by atoms with Gasteiger partial charge < -0.3 is 16.8 Å². The highest BCUT2D eigenvalue weighted by Crippen LogP contribution is 2.17. The molecule has 6 heteroatoms. The van der Waals surface area contributed by atoms with Crippen LogP contribution in [0.1, 0.15) is 9.88 Å². The lowest BCUT2D eigenvalue weighted by atomic mass is 10.4. The number of hydrogen-bond donors (Lipinski definition) is 3. The standard InChI is InChI=1S/C10H13N5S/c1-6-13-4-7(16-6)5-14-9-3-2-8(11)10(12)15-9/h2-4H,5,11H2,1H3,(H3,12,14,15). The molecule has 0 aliphatic rings. The van der Waals surface area contributed by atoms with Crippen molar-refractivity contribution in [2.45, 2.75) is 13.5 Å². The smallest absolute Gasteiger partial charge is 0.149 e. The molecule has 0 aliphatic carbocycles. The molecule has 0 amide bonds. The molecule has 16 heavy (non-hydrogen) atoms. The second-order valence-corrected chi connectivity index (χ2v) is 4.69. The molecule has 2 aromatic heterocycles. The molecule has 0 aromatic carbocycles. The van der Waals surface area contributed by atoms with Crippen molar-refractivity contribution >= 4 is 28.7 Å². The van der Waals surface area contributed by atoms with Crippen molar-refractivity contribution < 1.29 is 0 Å². The van der Waals surface area contributed by atoms with Crippen LogP contribution in [0.25, 0.3) is 0 Å². The second-order valence-electron chi connectivity index (χ2n) is 3.37. The maximum Gasteiger partial charge on any atom is 0.149 e. The van der Waals surface area contributed by atoms with E-state index in [1.54, 1.807) is 23.5 Å². The van der Waals surface area contributed by atoms with E-state index in [4.69, 9.17) is 11.5 Å². The summed E-state index contributed by atoms with van der Waals surface area (Å²) in [6.07, 6.45) is 1.85. The average Bonchev–Trinajstić information content (AvgIpc) is 2.66. The van der Waals surface area contributed by atoms with Gasteiger partial charge in [0.1, 0.15) is 11.6 Å². The number of thiazole rings is 1. The SMILES string of the molecule is Cc1ncc(CNc2ccc(N)c(N)n2)s1. The van der Waals surface area contributed by atoms with Crippen LogP contribution in [0, 0.1) is 6.92 Å². The summed E-state index contributed by atoms with van der Waals surface area (Å²) in [5.74, 6) is 1.07. The molecular formula is C10H13N5S. The highest BCUT2D eigenvalue weighted by molar-refractivity contribution is 7.11. The van der Waals surface area contributed by atoms with E-state index < -0.39 is 0 Å². The van der Waals surface area contributed by atoms with Crippen LogP contribution in [-0.2, 0) is 6.54 Å². The van der Waals surface area contributed by atoms with E-state index in [0.29, 0.717) is 18.1 Å². The molecule has 0 aliphatic heterocycles. The molecule has 0 atom stereocenters. The van der Waals surface area contributed by atoms with Crippen LogP contribution in [0.3, 0.4) is 0 Å². The summed E-state index contributed by atoms with van der Waals surface area (Å²) in [6, 6.07) is 3.54. The Morgan fingerprint density at radius 2 is 2.19 bits per heavy atom. The van der Waals surface area contributed by atoms with Gasteiger partial charge in [-0.2, -0.15) is 0 Å². The molecular weight excluding hydrogens is 222 g/mol. The zero-order chi connectivity index (χ0) is 11.5. The van der Waals surface area contributed by atoms with Crippen molar-refractivity contribution in [1.82, 2.24) is 9.97 Å². The molecule has 2 rings (SSSR count). The van der Waals surface area contributed by atoms with E-state index >= 15 is 0 Å². The molecule has 0 fully saturated rings. The van der Waals surface area contributed by atoms with Crippen molar-refractivity contribution in [3.63, 3.8) is 0 Å². The quantitative estimate of drug-likeness (QED) is 0.752. The van der Waals surface area contributed by atoms with Crippen LogP contribution in [-0.4, -0.2) is 9.97 Å². The van der Waals surface area contributed by atoms with E-state index in [2.05, 4.69) is 15.3 Å². The van der Waals surface area contributed by atoms with Gasteiger partial charge in [-0.3, -0.25) is 0 Å². The lowest BCUT2D eigenvalue weighted by Crippen LogP contribution is -2.03. The number of rotatable bonds is 3. The first-order valence-corrected chi connectivity index (χ1v) is 5.64. The highest BCUT2D eigenvalue weighted by Gasteiger charge is 2.01. The minimum Gasteiger partial charge on any atom is -0.396 e. The van der Waals surface area contributed by atoms with E-state index in [1.807, 2.05) is 13.1 Å². The van der Waals surface area contributed by atoms with E-state index in [-0.39, 0.29) is 0 Å². The summed E-state index contributed by atoms with van der Waals surface area (Å²) in [7, 11) is 0. The van der Waals surface area contributed by atoms with Crippen molar-refractivity contribution in [3.05, 3.63) is 28.2 Å². The summed E-state index contributed by atoms with van der Waals surface area (Å²) in [5, 5.41) is 4.22. The first kappa shape index (κ1) is 10.7. The first-order chi connectivity index (χ1) is 7.65. The maximum absolute atomic E-state index is 5.61. The topological polar surface area (TPSA) is 89.8 Å². The molecule has 84 valence electrons. The Kier molecular flexibility index (Phi) is 2.91. The van der Waals surface area contributed by atoms with Crippen LogP contribution in [0.2, 0.25) is 0 Å². The molecule has 5 N–H and O–H groups in total. The molecule has 5 nitrogen and oxygen atoms in total. The predicted octanol–water partition coefficient (Wildman–Crippen LogP) is 1.62. The van der Waals surface area contributed by atoms with Gasteiger partial charge in [-0.15, -0.1) is 11.3 Å². The molecule has 2 heterocycles. The lowest BCUT2D eigenvalue weighted by molar-refractivity contribution is 1.13. The van der Waals surface area contributed by atoms with Crippen molar-refractivity contribution in [2.24, 2.45) is 0 Å². The summed E-state index contributed by atoms with van der Waals surface area (Å²) in [6.45, 7) is 2.68. The van der Waals surface area contributed by atoms with Crippen LogP contribution < -0.4 is 16.8 Å². The number of anilines is 3. The fourth-order valence-corrected chi connectivity index (χ4v) is 1.98. The van der Waals surface area contributed by atoms with Crippen molar-refractivity contribution in [3.8, 4) is 0 Å². The van der Waals surface area contributed by atoms with Gasteiger partial charge in [0.15, 0.2) is 0 Å². The fraction of sp³-hybridized carbons (Fsp3) is 0.200. The second kappa shape index (κ2) is 4.36. The number of pyridine rings is 1. The van der Waals surface area contributed by atoms with Gasteiger partial charge >= 0.3 is 0 Å². The molecule has 0 saturated heterocycles. The van der Waals surface area contributed by atoms with Gasteiger partial charge in [0, 0.05) is 11.1 Å². The van der Waals surface area contributed by atoms with E-state index in [0.717, 1.165) is 15.7 Å². The molecule has 0 saturated carbocycles. The minimum atomic E-state index is 0.352. The number of nitrogens with one attached hydrogen (secondary N) is 1. The third kappa shape index (κ3) is 2.40. The normalized spacial score (nSPS) is 10.3. The number of hydrogen-bond acceptors (Lipinski definition) is 6. The molecule has 0 spiro atoms. The predicted molar refractivity (Wildman–Crippen MR) is 67.2 cm³/mol. The van der Waals surface area contributed by atoms with E-state index in [9.17, 15) is 0 Å². The van der Waals surface area contributed by atoms with Crippen LogP contribution in [0.5, 0.6) is 0 Å². The van der Waals surface area contributed by atoms with Gasteiger partial charge in [-0.1, -0.05) is 0 Å². The Morgan fingerprint density at radius 1 is 1.38 bits per heavy atom. The lowest BCUT2D eigenvalue weighted by Gasteiger charge is -2.05. The van der Waals surface area contributed by atoms with Gasteiger partial charge in [-0.05, 0) is 19.1 Å². The highest BCUT2D eigenvalue weighted by atomic mass is 32.1. The van der Waals surface area contributed by atoms with Crippen LogP contribution >= 0.6 is 11.3 Å². The largest absolute Gasteiger partial charge is 0.396 e. The summed E-state index contributed by atoms with van der Waals surface area (Å²) in [5.41, 5.74) is 11.7. The molecule has 2 aromatic rings. The van der Waals surface area contributed by atoms with Crippen LogP contribution in [0.4, 0.5) is 17.3 Å². The Balaban J connectivity index is 2.02. The third-order valence-electron chi connectivity index (χ3n) is 2.07. The number of nitrogens with two attached hydrogens (primary N) is 2. The Morgan fingerprint density at radius 3 is 2.81 bits per heavy atom. The number of aryl methyl sites for hydroxylation is 1. The zero-order valence-electron chi connectivity index (χ0n) is 8.90. The van der Waals surface area contributed by atoms with Crippen molar-refractivity contribution in [2.75, 3.05) is 16.8 Å². The number of aromatic nitrogens is 2.